The van der Waals surface area contributed by atoms with E-state index in [1.165, 1.54) is 5.56 Å². The minimum absolute atomic E-state index is 0.377. The van der Waals surface area contributed by atoms with Crippen molar-refractivity contribution in [3.8, 4) is 69.4 Å². The Morgan fingerprint density at radius 1 is 0.688 bits per heavy atom. The van der Waals surface area contributed by atoms with Crippen molar-refractivity contribution in [2.45, 2.75) is 32.0 Å². The fourth-order valence-electron chi connectivity index (χ4n) is 6.29. The molecule has 48 heavy (non-hydrogen) atoms. The van der Waals surface area contributed by atoms with Gasteiger partial charge in [0.15, 0.2) is 23.0 Å². The number of likely N-dealkylation sites (tertiary alicyclic amines) is 1. The topological polar surface area (TPSA) is 87.6 Å². The van der Waals surface area contributed by atoms with Gasteiger partial charge in [0, 0.05) is 42.7 Å². The Labute approximate surface area is 283 Å². The van der Waals surface area contributed by atoms with Gasteiger partial charge >= 0.3 is 0 Å². The van der Waals surface area contributed by atoms with Gasteiger partial charge in [0.1, 0.15) is 0 Å². The van der Waals surface area contributed by atoms with Crippen LogP contribution in [0.2, 0.25) is 0 Å². The first-order chi connectivity index (χ1) is 23.4. The van der Waals surface area contributed by atoms with Crippen LogP contribution in [0.15, 0.2) is 60.9 Å². The summed E-state index contributed by atoms with van der Waals surface area (Å²) in [4.78, 5) is 14.2. The first-order valence-electron chi connectivity index (χ1n) is 15.9. The number of piperidine rings is 1. The number of pyridine rings is 2. The van der Waals surface area contributed by atoms with Crippen molar-refractivity contribution in [3.63, 3.8) is 0 Å². The van der Waals surface area contributed by atoms with Gasteiger partial charge in [-0.3, -0.25) is 19.8 Å². The molecular formula is C38H44N4O6. The highest BCUT2D eigenvalue weighted by Crippen LogP contribution is 2.42. The second kappa shape index (κ2) is 16.2. The van der Waals surface area contributed by atoms with Crippen LogP contribution in [0.1, 0.15) is 24.0 Å². The van der Waals surface area contributed by atoms with Gasteiger partial charge in [-0.1, -0.05) is 5.92 Å². The molecular weight excluding hydrogens is 608 g/mol. The van der Waals surface area contributed by atoms with E-state index in [1.807, 2.05) is 36.7 Å². The molecule has 1 saturated heterocycles. The van der Waals surface area contributed by atoms with Crippen molar-refractivity contribution < 1.29 is 28.4 Å². The van der Waals surface area contributed by atoms with Crippen LogP contribution in [0, 0.1) is 12.3 Å². The van der Waals surface area contributed by atoms with E-state index >= 15 is 0 Å². The van der Waals surface area contributed by atoms with E-state index in [2.05, 4.69) is 50.0 Å². The molecule has 1 fully saturated rings. The van der Waals surface area contributed by atoms with Crippen LogP contribution in [0.3, 0.4) is 0 Å². The van der Waals surface area contributed by atoms with E-state index in [4.69, 9.17) is 34.8 Å². The summed E-state index contributed by atoms with van der Waals surface area (Å²) >= 11 is 0. The molecule has 5 rings (SSSR count). The summed E-state index contributed by atoms with van der Waals surface area (Å²) in [5, 5.41) is 0. The molecule has 0 N–H and O–H groups in total. The zero-order valence-corrected chi connectivity index (χ0v) is 28.6. The molecule has 1 aliphatic rings. The van der Waals surface area contributed by atoms with E-state index in [0.717, 1.165) is 67.1 Å². The van der Waals surface area contributed by atoms with Crippen LogP contribution in [0.4, 0.5) is 0 Å². The van der Waals surface area contributed by atoms with Crippen LogP contribution in [-0.4, -0.2) is 88.1 Å². The first kappa shape index (κ1) is 34.4. The summed E-state index contributed by atoms with van der Waals surface area (Å²) in [6.07, 6.45) is 11.6. The third-order valence-electron chi connectivity index (χ3n) is 8.73. The van der Waals surface area contributed by atoms with Crippen LogP contribution in [0.5, 0.6) is 34.5 Å². The number of methoxy groups -OCH3 is 6. The molecule has 0 amide bonds. The Bertz CT molecular complexity index is 1680. The predicted octanol–water partition coefficient (Wildman–Crippen LogP) is 5.96. The zero-order chi connectivity index (χ0) is 34.0. The normalized spacial score (nSPS) is 13.5. The molecule has 0 saturated carbocycles. The lowest BCUT2D eigenvalue weighted by atomic mass is 10.0. The maximum Gasteiger partial charge on any atom is 0.203 e. The fraction of sp³-hybridized carbons (Fsp3) is 0.368. The smallest absolute Gasteiger partial charge is 0.203 e. The standard InChI is InChI=1S/C38H44N4O6/c1-8-15-42(25-27-10-14-40-32(19-27)29-22-35(45-4)38(48-7)36(23-29)46-5)30-11-16-41(17-12-30)24-26-9-13-39-31(18-26)28-20-33(43-2)37(47-6)34(21-28)44-3/h1,9-10,13-14,18-23,30H,11-12,15-17,24-25H2,2-7H3. The van der Waals surface area contributed by atoms with E-state index in [1.54, 1.807) is 42.7 Å². The number of rotatable bonds is 14. The molecule has 4 aromatic rings. The van der Waals surface area contributed by atoms with Crippen LogP contribution < -0.4 is 28.4 Å². The average molecular weight is 653 g/mol. The lowest BCUT2D eigenvalue weighted by Gasteiger charge is -2.38. The quantitative estimate of drug-likeness (QED) is 0.152. The molecule has 2 aromatic carbocycles. The largest absolute Gasteiger partial charge is 0.493 e. The van der Waals surface area contributed by atoms with Crippen LogP contribution in [0.25, 0.3) is 22.5 Å². The molecule has 0 atom stereocenters. The Balaban J connectivity index is 1.25. The van der Waals surface area contributed by atoms with E-state index in [0.29, 0.717) is 47.1 Å². The van der Waals surface area contributed by atoms with Gasteiger partial charge in [-0.2, -0.15) is 0 Å². The van der Waals surface area contributed by atoms with Crippen molar-refractivity contribution in [2.24, 2.45) is 0 Å². The summed E-state index contributed by atoms with van der Waals surface area (Å²) in [5.41, 5.74) is 5.80. The monoisotopic (exact) mass is 652 g/mol. The second-order valence-electron chi connectivity index (χ2n) is 11.5. The van der Waals surface area contributed by atoms with E-state index < -0.39 is 0 Å². The first-order valence-corrected chi connectivity index (χ1v) is 15.9. The summed E-state index contributed by atoms with van der Waals surface area (Å²) < 4.78 is 33.2. The molecule has 1 aliphatic heterocycles. The molecule has 3 heterocycles. The Kier molecular flexibility index (Phi) is 11.6. The minimum atomic E-state index is 0.377. The molecule has 0 spiro atoms. The molecule has 10 nitrogen and oxygen atoms in total. The highest BCUT2D eigenvalue weighted by molar-refractivity contribution is 5.70. The van der Waals surface area contributed by atoms with Crippen molar-refractivity contribution in [3.05, 3.63) is 72.1 Å². The van der Waals surface area contributed by atoms with Gasteiger partial charge in [0.05, 0.1) is 60.6 Å². The van der Waals surface area contributed by atoms with Crippen LogP contribution in [-0.2, 0) is 13.1 Å². The fourth-order valence-corrected chi connectivity index (χ4v) is 6.29. The summed E-state index contributed by atoms with van der Waals surface area (Å²) in [6, 6.07) is 16.4. The SMILES string of the molecule is C#CCN(Cc1ccnc(-c2cc(OC)c(OC)c(OC)c2)c1)C1CCN(Cc2ccnc(-c3cc(OC)c(OC)c(OC)c3)c2)CC1. The number of ether oxygens (including phenoxy) is 6. The van der Waals surface area contributed by atoms with Gasteiger partial charge in [0.2, 0.25) is 11.5 Å². The molecule has 2 aromatic heterocycles. The average Bonchev–Trinajstić information content (AvgIpc) is 3.13. The second-order valence-corrected chi connectivity index (χ2v) is 11.5. The van der Waals surface area contributed by atoms with Gasteiger partial charge in [-0.15, -0.1) is 6.42 Å². The van der Waals surface area contributed by atoms with Gasteiger partial charge < -0.3 is 28.4 Å². The van der Waals surface area contributed by atoms with E-state index in [-0.39, 0.29) is 0 Å². The molecule has 0 radical (unpaired) electrons. The number of hydrogen-bond acceptors (Lipinski definition) is 10. The van der Waals surface area contributed by atoms with Crippen molar-refractivity contribution in [2.75, 3.05) is 62.3 Å². The highest BCUT2D eigenvalue weighted by atomic mass is 16.5. The Hall–Kier alpha value is -4.98. The van der Waals surface area contributed by atoms with Crippen LogP contribution >= 0.6 is 0 Å². The lowest BCUT2D eigenvalue weighted by molar-refractivity contribution is 0.110. The van der Waals surface area contributed by atoms with Crippen molar-refractivity contribution in [1.29, 1.82) is 0 Å². The summed E-state index contributed by atoms with van der Waals surface area (Å²) in [7, 11) is 9.65. The molecule has 0 bridgehead atoms. The van der Waals surface area contributed by atoms with Crippen molar-refractivity contribution in [1.82, 2.24) is 19.8 Å². The molecule has 252 valence electrons. The maximum absolute atomic E-state index is 5.86. The Morgan fingerprint density at radius 2 is 1.15 bits per heavy atom. The van der Waals surface area contributed by atoms with E-state index in [9.17, 15) is 0 Å². The zero-order valence-electron chi connectivity index (χ0n) is 28.6. The molecule has 10 heteroatoms. The maximum atomic E-state index is 5.86. The number of aromatic nitrogens is 2. The number of benzene rings is 2. The highest BCUT2D eigenvalue weighted by Gasteiger charge is 2.25. The summed E-state index contributed by atoms with van der Waals surface area (Å²) in [6.45, 7) is 4.10. The molecule has 0 aliphatic carbocycles. The number of hydrogen-bond donors (Lipinski definition) is 0. The molecule has 0 unspecified atom stereocenters. The lowest BCUT2D eigenvalue weighted by Crippen LogP contribution is -2.44. The number of nitrogens with zero attached hydrogens (tertiary/aromatic N) is 4. The Morgan fingerprint density at radius 3 is 1.58 bits per heavy atom. The van der Waals surface area contributed by atoms with Gasteiger partial charge in [-0.25, -0.2) is 0 Å². The van der Waals surface area contributed by atoms with Gasteiger partial charge in [0.25, 0.3) is 0 Å². The number of terminal acetylenes is 1. The third kappa shape index (κ3) is 7.76. The van der Waals surface area contributed by atoms with Crippen molar-refractivity contribution >= 4 is 0 Å². The minimum Gasteiger partial charge on any atom is -0.493 e. The predicted molar refractivity (Wildman–Crippen MR) is 186 cm³/mol. The summed E-state index contributed by atoms with van der Waals surface area (Å²) in [5.74, 6) is 6.37. The van der Waals surface area contributed by atoms with Gasteiger partial charge in [-0.05, 0) is 85.6 Å². The third-order valence-corrected chi connectivity index (χ3v) is 8.73.